The lowest BCUT2D eigenvalue weighted by molar-refractivity contribution is -0.125. The van der Waals surface area contributed by atoms with Gasteiger partial charge in [0.05, 0.1) is 11.9 Å². The van der Waals surface area contributed by atoms with Crippen LogP contribution < -0.4 is 16.0 Å². The maximum Gasteiger partial charge on any atom is 0.228 e. The van der Waals surface area contributed by atoms with Crippen molar-refractivity contribution in [3.8, 4) is 0 Å². The molecule has 2 unspecified atom stereocenters. The molecule has 0 bridgehead atoms. The zero-order valence-corrected chi connectivity index (χ0v) is 16.5. The molecule has 1 aromatic rings. The summed E-state index contributed by atoms with van der Waals surface area (Å²) in [5.74, 6) is -0.0151. The number of aromatic nitrogens is 2. The third-order valence-electron chi connectivity index (χ3n) is 4.88. The summed E-state index contributed by atoms with van der Waals surface area (Å²) in [5.41, 5.74) is 0.714. The molecule has 2 aliphatic heterocycles. The molecule has 1 aromatic heterocycles. The van der Waals surface area contributed by atoms with Gasteiger partial charge in [-0.3, -0.25) is 14.9 Å². The summed E-state index contributed by atoms with van der Waals surface area (Å²) in [6.45, 7) is 4.40. The topological polar surface area (TPSA) is 125 Å². The fraction of sp³-hybridized carbons (Fsp3) is 0.688. The van der Waals surface area contributed by atoms with E-state index in [2.05, 4.69) is 21.0 Å². The smallest absolute Gasteiger partial charge is 0.228 e. The maximum atomic E-state index is 12.7. The van der Waals surface area contributed by atoms with Crippen LogP contribution >= 0.6 is 0 Å². The van der Waals surface area contributed by atoms with Crippen LogP contribution in [0.2, 0.25) is 0 Å². The van der Waals surface area contributed by atoms with Crippen molar-refractivity contribution < 1.29 is 18.0 Å². The Morgan fingerprint density at radius 2 is 2.00 bits per heavy atom. The SMILES string of the molecule is Cc1cc(NC(=O)C2CCN(S(C)(=O)=O)CC2)n(C2NC(=O)CC(C)N2)n1. The van der Waals surface area contributed by atoms with Gasteiger partial charge >= 0.3 is 0 Å². The first-order chi connectivity index (χ1) is 12.6. The largest absolute Gasteiger partial charge is 0.322 e. The summed E-state index contributed by atoms with van der Waals surface area (Å²) in [7, 11) is -3.22. The van der Waals surface area contributed by atoms with E-state index in [4.69, 9.17) is 0 Å². The third kappa shape index (κ3) is 4.66. The number of aryl methyl sites for hydroxylation is 1. The van der Waals surface area contributed by atoms with Gasteiger partial charge in [0.25, 0.3) is 0 Å². The number of hydrogen-bond acceptors (Lipinski definition) is 6. The van der Waals surface area contributed by atoms with E-state index in [1.165, 1.54) is 10.6 Å². The van der Waals surface area contributed by atoms with E-state index in [0.29, 0.717) is 43.9 Å². The molecule has 2 atom stereocenters. The van der Waals surface area contributed by atoms with Crippen LogP contribution in [0.25, 0.3) is 0 Å². The molecule has 2 amide bonds. The molecule has 0 radical (unpaired) electrons. The van der Waals surface area contributed by atoms with Crippen LogP contribution in [0.3, 0.4) is 0 Å². The molecule has 0 aliphatic carbocycles. The monoisotopic (exact) mass is 398 g/mol. The molecule has 2 fully saturated rings. The number of carbonyl (C=O) groups excluding carboxylic acids is 2. The first-order valence-electron chi connectivity index (χ1n) is 9.01. The summed E-state index contributed by atoms with van der Waals surface area (Å²) in [6, 6.07) is 1.74. The molecule has 0 aromatic carbocycles. The van der Waals surface area contributed by atoms with Gasteiger partial charge in [-0.15, -0.1) is 0 Å². The van der Waals surface area contributed by atoms with E-state index in [1.807, 2.05) is 13.8 Å². The van der Waals surface area contributed by atoms with Gasteiger partial charge in [-0.05, 0) is 26.7 Å². The number of hydrogen-bond donors (Lipinski definition) is 3. The van der Waals surface area contributed by atoms with E-state index >= 15 is 0 Å². The summed E-state index contributed by atoms with van der Waals surface area (Å²) < 4.78 is 26.2. The van der Waals surface area contributed by atoms with Gasteiger partial charge in [-0.2, -0.15) is 5.10 Å². The van der Waals surface area contributed by atoms with Crippen molar-refractivity contribution in [3.05, 3.63) is 11.8 Å². The summed E-state index contributed by atoms with van der Waals surface area (Å²) >= 11 is 0. The molecule has 0 spiro atoms. The van der Waals surface area contributed by atoms with Crippen molar-refractivity contribution in [1.82, 2.24) is 24.7 Å². The zero-order valence-electron chi connectivity index (χ0n) is 15.7. The van der Waals surface area contributed by atoms with Crippen molar-refractivity contribution in [2.75, 3.05) is 24.7 Å². The van der Waals surface area contributed by atoms with Crippen molar-refractivity contribution in [2.24, 2.45) is 5.92 Å². The highest BCUT2D eigenvalue weighted by Gasteiger charge is 2.31. The second-order valence-electron chi connectivity index (χ2n) is 7.28. The Morgan fingerprint density at radius 1 is 1.33 bits per heavy atom. The highest BCUT2D eigenvalue weighted by Crippen LogP contribution is 2.23. The number of nitrogens with zero attached hydrogens (tertiary/aromatic N) is 3. The second kappa shape index (κ2) is 7.56. The van der Waals surface area contributed by atoms with E-state index in [-0.39, 0.29) is 23.8 Å². The molecule has 10 nitrogen and oxygen atoms in total. The van der Waals surface area contributed by atoms with E-state index in [9.17, 15) is 18.0 Å². The Kier molecular flexibility index (Phi) is 5.54. The van der Waals surface area contributed by atoms with Crippen LogP contribution in [-0.4, -0.2) is 59.7 Å². The number of amides is 2. The van der Waals surface area contributed by atoms with Crippen molar-refractivity contribution >= 4 is 27.7 Å². The van der Waals surface area contributed by atoms with Gasteiger partial charge in [0.1, 0.15) is 5.82 Å². The van der Waals surface area contributed by atoms with E-state index < -0.39 is 16.3 Å². The van der Waals surface area contributed by atoms with Crippen LogP contribution in [0.1, 0.15) is 38.2 Å². The predicted molar refractivity (Wildman–Crippen MR) is 99.1 cm³/mol. The summed E-state index contributed by atoms with van der Waals surface area (Å²) in [4.78, 5) is 24.5. The van der Waals surface area contributed by atoms with Crippen LogP contribution in [0, 0.1) is 12.8 Å². The minimum Gasteiger partial charge on any atom is -0.322 e. The second-order valence-corrected chi connectivity index (χ2v) is 9.27. The van der Waals surface area contributed by atoms with Crippen molar-refractivity contribution in [3.63, 3.8) is 0 Å². The Morgan fingerprint density at radius 3 is 2.59 bits per heavy atom. The first-order valence-corrected chi connectivity index (χ1v) is 10.9. The summed E-state index contributed by atoms with van der Waals surface area (Å²) in [6.07, 6.45) is 1.99. The number of anilines is 1. The van der Waals surface area contributed by atoms with E-state index in [1.54, 1.807) is 10.7 Å². The molecule has 3 heterocycles. The Balaban J connectivity index is 1.68. The molecule has 0 saturated carbocycles. The number of rotatable bonds is 4. The lowest BCUT2D eigenvalue weighted by Crippen LogP contribution is -2.52. The molecular weight excluding hydrogens is 372 g/mol. The molecule has 27 heavy (non-hydrogen) atoms. The van der Waals surface area contributed by atoms with Gasteiger partial charge in [0.2, 0.25) is 21.8 Å². The number of carbonyl (C=O) groups is 2. The van der Waals surface area contributed by atoms with Crippen LogP contribution in [0.15, 0.2) is 6.07 Å². The molecule has 11 heteroatoms. The van der Waals surface area contributed by atoms with Crippen LogP contribution in [0.4, 0.5) is 5.82 Å². The third-order valence-corrected chi connectivity index (χ3v) is 6.18. The van der Waals surface area contributed by atoms with E-state index in [0.717, 1.165) is 0 Å². The zero-order chi connectivity index (χ0) is 19.8. The maximum absolute atomic E-state index is 12.7. The highest BCUT2D eigenvalue weighted by atomic mass is 32.2. The molecule has 3 rings (SSSR count). The summed E-state index contributed by atoms with van der Waals surface area (Å²) in [5, 5.41) is 13.3. The molecule has 150 valence electrons. The molecular formula is C16H26N6O4S. The van der Waals surface area contributed by atoms with Crippen LogP contribution in [-0.2, 0) is 19.6 Å². The number of sulfonamides is 1. The quantitative estimate of drug-likeness (QED) is 0.643. The Hall–Kier alpha value is -1.98. The highest BCUT2D eigenvalue weighted by molar-refractivity contribution is 7.88. The average Bonchev–Trinajstić information content (AvgIpc) is 2.93. The number of piperidine rings is 1. The minimum atomic E-state index is -3.22. The first kappa shape index (κ1) is 19.8. The average molecular weight is 398 g/mol. The lowest BCUT2D eigenvalue weighted by atomic mass is 9.97. The Labute approximate surface area is 158 Å². The van der Waals surface area contributed by atoms with Gasteiger partial charge < -0.3 is 10.6 Å². The lowest BCUT2D eigenvalue weighted by Gasteiger charge is -2.31. The standard InChI is InChI=1S/C16H26N6O4S/c1-10-9-14(23)19-16(17-10)22-13(8-11(2)20-22)18-15(24)12-4-6-21(7-5-12)27(3,25)26/h8,10,12,16-17H,4-7,9H2,1-3H3,(H,18,24)(H,19,23). The molecule has 3 N–H and O–H groups in total. The fourth-order valence-corrected chi connectivity index (χ4v) is 4.35. The van der Waals surface area contributed by atoms with Gasteiger partial charge in [-0.1, -0.05) is 0 Å². The minimum absolute atomic E-state index is 0.00266. The Bertz CT molecular complexity index is 828. The van der Waals surface area contributed by atoms with Gasteiger partial charge in [0.15, 0.2) is 6.29 Å². The van der Waals surface area contributed by atoms with Gasteiger partial charge in [0, 0.05) is 37.5 Å². The predicted octanol–water partition coefficient (Wildman–Crippen LogP) is -0.244. The molecule has 2 aliphatic rings. The van der Waals surface area contributed by atoms with Crippen molar-refractivity contribution in [1.29, 1.82) is 0 Å². The fourth-order valence-electron chi connectivity index (χ4n) is 3.48. The van der Waals surface area contributed by atoms with Gasteiger partial charge in [-0.25, -0.2) is 17.4 Å². The number of nitrogens with one attached hydrogen (secondary N) is 3. The van der Waals surface area contributed by atoms with Crippen LogP contribution in [0.5, 0.6) is 0 Å². The normalized spacial score (nSPS) is 25.2. The molecule has 2 saturated heterocycles. The van der Waals surface area contributed by atoms with Crippen molar-refractivity contribution in [2.45, 2.75) is 45.4 Å².